The van der Waals surface area contributed by atoms with Crippen LogP contribution in [0.15, 0.2) is 53.4 Å². The summed E-state index contributed by atoms with van der Waals surface area (Å²) in [7, 11) is -3.96. The second kappa shape index (κ2) is 7.59. The van der Waals surface area contributed by atoms with Gasteiger partial charge in [0.1, 0.15) is 18.2 Å². The molecule has 0 aliphatic heterocycles. The van der Waals surface area contributed by atoms with Crippen LogP contribution < -0.4 is 15.0 Å². The van der Waals surface area contributed by atoms with E-state index < -0.39 is 21.7 Å². The Hall–Kier alpha value is -2.89. The molecule has 2 rings (SSSR count). The Kier molecular flexibility index (Phi) is 5.52. The van der Waals surface area contributed by atoms with Crippen molar-refractivity contribution in [2.45, 2.75) is 4.90 Å². The molecule has 0 saturated carbocycles. The van der Waals surface area contributed by atoms with Crippen LogP contribution in [-0.4, -0.2) is 20.9 Å². The van der Waals surface area contributed by atoms with Crippen molar-refractivity contribution in [3.63, 3.8) is 0 Å². The van der Waals surface area contributed by atoms with Gasteiger partial charge < -0.3 is 4.74 Å². The minimum atomic E-state index is -3.96. The number of sulfonamides is 1. The first-order valence-electron chi connectivity index (χ1n) is 6.67. The Morgan fingerprint density at radius 2 is 1.92 bits per heavy atom. The molecule has 2 N–H and O–H groups in total. The molecule has 24 heavy (non-hydrogen) atoms. The Bertz CT molecular complexity index is 877. The fourth-order valence-corrected chi connectivity index (χ4v) is 2.59. The third kappa shape index (κ3) is 4.32. The minimum absolute atomic E-state index is 0.0446. The highest BCUT2D eigenvalue weighted by molar-refractivity contribution is 7.89. The van der Waals surface area contributed by atoms with E-state index in [2.05, 4.69) is 5.92 Å². The van der Waals surface area contributed by atoms with Crippen molar-refractivity contribution in [1.29, 1.82) is 0 Å². The van der Waals surface area contributed by atoms with Crippen LogP contribution in [0.1, 0.15) is 10.4 Å². The van der Waals surface area contributed by atoms with E-state index in [1.807, 2.05) is 10.3 Å². The zero-order valence-electron chi connectivity index (χ0n) is 12.3. The van der Waals surface area contributed by atoms with Gasteiger partial charge in [0, 0.05) is 0 Å². The summed E-state index contributed by atoms with van der Waals surface area (Å²) in [6, 6.07) is 10.9. The third-order valence-electron chi connectivity index (χ3n) is 2.86. The van der Waals surface area contributed by atoms with E-state index in [1.54, 1.807) is 6.07 Å². The molecule has 0 bridgehead atoms. The number of hydrogen-bond acceptors (Lipinski definition) is 4. The van der Waals surface area contributed by atoms with Gasteiger partial charge in [-0.15, -0.1) is 11.3 Å². The van der Waals surface area contributed by atoms with E-state index in [4.69, 9.17) is 11.2 Å². The molecule has 0 spiro atoms. The van der Waals surface area contributed by atoms with Crippen LogP contribution in [0.4, 0.5) is 4.39 Å². The molecule has 8 heteroatoms. The molecule has 0 aliphatic carbocycles. The quantitative estimate of drug-likeness (QED) is 0.611. The van der Waals surface area contributed by atoms with Gasteiger partial charge >= 0.3 is 0 Å². The molecule has 124 valence electrons. The van der Waals surface area contributed by atoms with Crippen LogP contribution in [-0.2, 0) is 10.0 Å². The molecule has 2 aromatic carbocycles. The van der Waals surface area contributed by atoms with Crippen LogP contribution in [0.3, 0.4) is 0 Å². The normalized spacial score (nSPS) is 10.7. The van der Waals surface area contributed by atoms with E-state index in [1.165, 1.54) is 30.3 Å². The van der Waals surface area contributed by atoms with Gasteiger partial charge in [0.2, 0.25) is 0 Å². The molecular weight excluding hydrogens is 335 g/mol. The lowest BCUT2D eigenvalue weighted by Crippen LogP contribution is -2.41. The molecule has 6 nitrogen and oxygen atoms in total. The summed E-state index contributed by atoms with van der Waals surface area (Å²) in [6.07, 6.45) is 5.05. The van der Waals surface area contributed by atoms with Crippen LogP contribution in [0.25, 0.3) is 0 Å². The van der Waals surface area contributed by atoms with Crippen molar-refractivity contribution in [3.8, 4) is 18.1 Å². The summed E-state index contributed by atoms with van der Waals surface area (Å²) in [5.41, 5.74) is 1.56. The first-order valence-corrected chi connectivity index (χ1v) is 8.15. The lowest BCUT2D eigenvalue weighted by atomic mass is 10.2. The fourth-order valence-electron chi connectivity index (χ4n) is 1.73. The third-order valence-corrected chi connectivity index (χ3v) is 4.12. The van der Waals surface area contributed by atoms with Gasteiger partial charge in [-0.1, -0.05) is 24.1 Å². The topological polar surface area (TPSA) is 84.5 Å². The van der Waals surface area contributed by atoms with E-state index in [-0.39, 0.29) is 22.8 Å². The summed E-state index contributed by atoms with van der Waals surface area (Å²) in [4.78, 5) is 13.8. The molecule has 0 saturated heterocycles. The molecule has 1 amide bonds. The monoisotopic (exact) mass is 348 g/mol. The zero-order valence-corrected chi connectivity index (χ0v) is 13.1. The number of hydrogen-bond donors (Lipinski definition) is 2. The van der Waals surface area contributed by atoms with Crippen LogP contribution in [0.2, 0.25) is 0 Å². The average Bonchev–Trinajstić information content (AvgIpc) is 2.60. The number of carbonyl (C=O) groups excluding carboxylic acids is 1. The standard InChI is InChI=1S/C16H13FN2O4S/c1-2-10-23-12-8-9-15(17)14(11-12)16(20)18-19-24(21,22)13-6-4-3-5-7-13/h1,3-9,11,19H,10H2,(H,18,20). The second-order valence-corrected chi connectivity index (χ2v) is 6.19. The van der Waals surface area contributed by atoms with Crippen molar-refractivity contribution >= 4 is 15.9 Å². The lowest BCUT2D eigenvalue weighted by Gasteiger charge is -2.10. The van der Waals surface area contributed by atoms with Crippen molar-refractivity contribution in [3.05, 3.63) is 59.9 Å². The van der Waals surface area contributed by atoms with Gasteiger partial charge in [0.25, 0.3) is 15.9 Å². The summed E-state index contributed by atoms with van der Waals surface area (Å²) >= 11 is 0. The predicted molar refractivity (Wildman–Crippen MR) is 85.0 cm³/mol. The molecule has 0 atom stereocenters. The maximum Gasteiger partial charge on any atom is 0.269 e. The van der Waals surface area contributed by atoms with Crippen LogP contribution in [0, 0.1) is 18.2 Å². The van der Waals surface area contributed by atoms with Gasteiger partial charge in [-0.05, 0) is 30.3 Å². The van der Waals surface area contributed by atoms with Crippen molar-refractivity contribution in [2.24, 2.45) is 0 Å². The first-order chi connectivity index (χ1) is 11.4. The average molecular weight is 348 g/mol. The molecule has 0 unspecified atom stereocenters. The van der Waals surface area contributed by atoms with E-state index in [0.29, 0.717) is 0 Å². The first kappa shape index (κ1) is 17.5. The Labute approximate surface area is 138 Å². The number of halogens is 1. The molecule has 0 heterocycles. The molecular formula is C16H13FN2O4S. The molecule has 0 radical (unpaired) electrons. The van der Waals surface area contributed by atoms with Gasteiger partial charge in [0.05, 0.1) is 10.5 Å². The van der Waals surface area contributed by atoms with Gasteiger partial charge in [-0.3, -0.25) is 10.2 Å². The molecule has 2 aromatic rings. The van der Waals surface area contributed by atoms with Crippen molar-refractivity contribution < 1.29 is 22.3 Å². The van der Waals surface area contributed by atoms with E-state index >= 15 is 0 Å². The van der Waals surface area contributed by atoms with Gasteiger partial charge in [0.15, 0.2) is 0 Å². The number of ether oxygens (including phenoxy) is 1. The number of amides is 1. The molecule has 0 fully saturated rings. The van der Waals surface area contributed by atoms with Crippen LogP contribution in [0.5, 0.6) is 5.75 Å². The number of rotatable bonds is 6. The zero-order chi connectivity index (χ0) is 17.6. The Morgan fingerprint density at radius 3 is 2.58 bits per heavy atom. The predicted octanol–water partition coefficient (Wildman–Crippen LogP) is 1.46. The number of hydrazine groups is 1. The highest BCUT2D eigenvalue weighted by Crippen LogP contribution is 2.17. The van der Waals surface area contributed by atoms with Crippen molar-refractivity contribution in [1.82, 2.24) is 10.3 Å². The highest BCUT2D eigenvalue weighted by Gasteiger charge is 2.17. The maximum atomic E-state index is 13.8. The van der Waals surface area contributed by atoms with E-state index in [9.17, 15) is 17.6 Å². The highest BCUT2D eigenvalue weighted by atomic mass is 32.2. The Balaban J connectivity index is 2.11. The minimum Gasteiger partial charge on any atom is -0.481 e. The smallest absolute Gasteiger partial charge is 0.269 e. The summed E-state index contributed by atoms with van der Waals surface area (Å²) in [5, 5.41) is 0. The lowest BCUT2D eigenvalue weighted by molar-refractivity contribution is 0.0940. The SMILES string of the molecule is C#CCOc1ccc(F)c(C(=O)NNS(=O)(=O)c2ccccc2)c1. The van der Waals surface area contributed by atoms with Crippen LogP contribution >= 0.6 is 0 Å². The van der Waals surface area contributed by atoms with E-state index in [0.717, 1.165) is 12.1 Å². The second-order valence-electron chi connectivity index (χ2n) is 4.51. The van der Waals surface area contributed by atoms with Gasteiger partial charge in [-0.25, -0.2) is 12.8 Å². The fraction of sp³-hybridized carbons (Fsp3) is 0.0625. The molecule has 0 aromatic heterocycles. The molecule has 0 aliphatic rings. The van der Waals surface area contributed by atoms with Crippen molar-refractivity contribution in [2.75, 3.05) is 6.61 Å². The summed E-state index contributed by atoms with van der Waals surface area (Å²) in [6.45, 7) is -0.0483. The summed E-state index contributed by atoms with van der Waals surface area (Å²) in [5.74, 6) is 0.612. The number of benzene rings is 2. The maximum absolute atomic E-state index is 13.8. The number of nitrogens with one attached hydrogen (secondary N) is 2. The number of carbonyl (C=O) groups is 1. The largest absolute Gasteiger partial charge is 0.481 e. The number of terminal acetylenes is 1. The summed E-state index contributed by atoms with van der Waals surface area (Å²) < 4.78 is 42.8. The Morgan fingerprint density at radius 1 is 1.21 bits per heavy atom. The van der Waals surface area contributed by atoms with Gasteiger partial charge in [-0.2, -0.15) is 0 Å².